The molecule has 0 radical (unpaired) electrons. The van der Waals surface area contributed by atoms with Crippen LogP contribution in [0.4, 0.5) is 0 Å². The van der Waals surface area contributed by atoms with E-state index in [2.05, 4.69) is 6.07 Å². The fourth-order valence-corrected chi connectivity index (χ4v) is 3.03. The molecule has 3 rings (SSSR count). The highest BCUT2D eigenvalue weighted by Crippen LogP contribution is 2.51. The van der Waals surface area contributed by atoms with E-state index in [1.807, 2.05) is 0 Å². The third-order valence-electron chi connectivity index (χ3n) is 3.87. The first kappa shape index (κ1) is 10.8. The van der Waals surface area contributed by atoms with Crippen molar-refractivity contribution in [1.29, 1.82) is 5.26 Å². The summed E-state index contributed by atoms with van der Waals surface area (Å²) in [5, 5.41) is 9.13. The third-order valence-corrected chi connectivity index (χ3v) is 3.87. The minimum Gasteiger partial charge on any atom is -0.329 e. The van der Waals surface area contributed by atoms with E-state index < -0.39 is 0 Å². The molecule has 2 bridgehead atoms. The van der Waals surface area contributed by atoms with E-state index in [0.29, 0.717) is 12.5 Å². The maximum Gasteiger partial charge on any atom is 0.0726 e. The molecule has 1 atom stereocenters. The second-order valence-electron chi connectivity index (χ2n) is 4.39. The number of rotatable bonds is 1. The molecule has 1 unspecified atom stereocenters. The van der Waals surface area contributed by atoms with Crippen LogP contribution in [0.2, 0.25) is 0 Å². The zero-order chi connectivity index (χ0) is 8.60. The van der Waals surface area contributed by atoms with Gasteiger partial charge < -0.3 is 5.73 Å². The van der Waals surface area contributed by atoms with Crippen LogP contribution in [0, 0.1) is 28.6 Å². The Morgan fingerprint density at radius 2 is 1.92 bits per heavy atom. The molecule has 0 aromatic rings. The number of nitrogens with two attached hydrogens (primary N) is 1. The van der Waals surface area contributed by atoms with Crippen molar-refractivity contribution in [3.63, 3.8) is 0 Å². The lowest BCUT2D eigenvalue weighted by Crippen LogP contribution is -2.45. The van der Waals surface area contributed by atoms with Gasteiger partial charge in [0.2, 0.25) is 0 Å². The molecule has 0 heterocycles. The summed E-state index contributed by atoms with van der Waals surface area (Å²) in [5.74, 6) is 1.41. The van der Waals surface area contributed by atoms with E-state index >= 15 is 0 Å². The highest BCUT2D eigenvalue weighted by molar-refractivity contribution is 5.85. The van der Waals surface area contributed by atoms with Crippen molar-refractivity contribution in [2.24, 2.45) is 23.0 Å². The van der Waals surface area contributed by atoms with Gasteiger partial charge in [0, 0.05) is 6.54 Å². The Hall–Kier alpha value is -0.260. The van der Waals surface area contributed by atoms with Crippen LogP contribution in [-0.4, -0.2) is 6.54 Å². The number of halogens is 1. The molecule has 3 heteroatoms. The number of fused-ring (bicyclic) bond motifs is 3. The van der Waals surface area contributed by atoms with Crippen LogP contribution in [0.5, 0.6) is 0 Å². The van der Waals surface area contributed by atoms with Crippen molar-refractivity contribution >= 4 is 12.4 Å². The summed E-state index contributed by atoms with van der Waals surface area (Å²) >= 11 is 0. The maximum atomic E-state index is 9.13. The molecule has 0 aromatic carbocycles. The van der Waals surface area contributed by atoms with Gasteiger partial charge in [-0.15, -0.1) is 12.4 Å². The monoisotopic (exact) mass is 200 g/mol. The van der Waals surface area contributed by atoms with Crippen molar-refractivity contribution in [2.45, 2.75) is 32.1 Å². The summed E-state index contributed by atoms with van der Waals surface area (Å²) in [7, 11) is 0. The Balaban J connectivity index is 0.000000845. The highest BCUT2D eigenvalue weighted by atomic mass is 35.5. The zero-order valence-electron chi connectivity index (χ0n) is 7.83. The minimum atomic E-state index is -0.138. The van der Waals surface area contributed by atoms with Gasteiger partial charge in [0.05, 0.1) is 11.5 Å². The number of nitriles is 1. The first-order chi connectivity index (χ1) is 5.80. The van der Waals surface area contributed by atoms with Gasteiger partial charge in [-0.1, -0.05) is 12.8 Å². The summed E-state index contributed by atoms with van der Waals surface area (Å²) < 4.78 is 0. The molecule has 3 aliphatic rings. The van der Waals surface area contributed by atoms with Gasteiger partial charge >= 0.3 is 0 Å². The SMILES string of the molecule is Cl.N#CC1(CN)CC2CCC1CC2. The van der Waals surface area contributed by atoms with Crippen LogP contribution < -0.4 is 5.73 Å². The fraction of sp³-hybridized carbons (Fsp3) is 0.900. The second kappa shape index (κ2) is 3.86. The average molecular weight is 201 g/mol. The van der Waals surface area contributed by atoms with Gasteiger partial charge in [-0.2, -0.15) is 5.26 Å². The topological polar surface area (TPSA) is 49.8 Å². The largest absolute Gasteiger partial charge is 0.329 e. The molecule has 0 amide bonds. The normalized spacial score (nSPS) is 42.2. The van der Waals surface area contributed by atoms with Crippen molar-refractivity contribution in [2.75, 3.05) is 6.54 Å². The highest BCUT2D eigenvalue weighted by Gasteiger charge is 2.46. The van der Waals surface area contributed by atoms with Gasteiger partial charge in [0.1, 0.15) is 0 Å². The van der Waals surface area contributed by atoms with Crippen LogP contribution in [0.3, 0.4) is 0 Å². The zero-order valence-corrected chi connectivity index (χ0v) is 8.65. The van der Waals surface area contributed by atoms with Gasteiger partial charge in [-0.05, 0) is 31.1 Å². The number of hydrogen-bond acceptors (Lipinski definition) is 2. The quantitative estimate of drug-likeness (QED) is 0.705. The number of hydrogen-bond donors (Lipinski definition) is 1. The van der Waals surface area contributed by atoms with E-state index in [1.165, 1.54) is 25.7 Å². The van der Waals surface area contributed by atoms with Crippen molar-refractivity contribution < 1.29 is 0 Å². The summed E-state index contributed by atoms with van der Waals surface area (Å²) in [6, 6.07) is 2.47. The Labute approximate surface area is 85.9 Å². The Morgan fingerprint density at radius 1 is 1.31 bits per heavy atom. The predicted octanol–water partition coefficient (Wildman–Crippen LogP) is 2.09. The molecule has 3 fully saturated rings. The van der Waals surface area contributed by atoms with Gasteiger partial charge in [0.25, 0.3) is 0 Å². The van der Waals surface area contributed by atoms with E-state index in [9.17, 15) is 0 Å². The van der Waals surface area contributed by atoms with Gasteiger partial charge in [0.15, 0.2) is 0 Å². The molecule has 3 saturated carbocycles. The second-order valence-corrected chi connectivity index (χ2v) is 4.39. The number of nitrogens with zero attached hydrogens (tertiary/aromatic N) is 1. The molecule has 2 nitrogen and oxygen atoms in total. The molecule has 13 heavy (non-hydrogen) atoms. The van der Waals surface area contributed by atoms with Crippen LogP contribution in [0.25, 0.3) is 0 Å². The van der Waals surface area contributed by atoms with E-state index in [1.54, 1.807) is 0 Å². The molecule has 0 saturated heterocycles. The van der Waals surface area contributed by atoms with E-state index in [0.717, 1.165) is 12.3 Å². The minimum absolute atomic E-state index is 0. The fourth-order valence-electron chi connectivity index (χ4n) is 3.03. The van der Waals surface area contributed by atoms with Crippen molar-refractivity contribution in [1.82, 2.24) is 0 Å². The molecule has 0 aromatic heterocycles. The molecule has 74 valence electrons. The first-order valence-corrected chi connectivity index (χ1v) is 4.92. The molecular weight excluding hydrogens is 184 g/mol. The lowest BCUT2D eigenvalue weighted by Gasteiger charge is -2.47. The molecular formula is C10H17ClN2. The van der Waals surface area contributed by atoms with Gasteiger partial charge in [-0.25, -0.2) is 0 Å². The van der Waals surface area contributed by atoms with Crippen LogP contribution in [0.15, 0.2) is 0 Å². The Bertz CT molecular complexity index is 215. The molecule has 3 aliphatic carbocycles. The van der Waals surface area contributed by atoms with Gasteiger partial charge in [-0.3, -0.25) is 0 Å². The Morgan fingerprint density at radius 3 is 2.15 bits per heavy atom. The molecule has 0 aliphatic heterocycles. The Kier molecular flexibility index (Phi) is 3.21. The summed E-state index contributed by atoms with van der Waals surface area (Å²) in [6.07, 6.45) is 6.25. The van der Waals surface area contributed by atoms with E-state index in [4.69, 9.17) is 11.0 Å². The predicted molar refractivity (Wildman–Crippen MR) is 54.4 cm³/mol. The maximum absolute atomic E-state index is 9.13. The summed E-state index contributed by atoms with van der Waals surface area (Å²) in [6.45, 7) is 0.574. The first-order valence-electron chi connectivity index (χ1n) is 4.92. The van der Waals surface area contributed by atoms with Crippen molar-refractivity contribution in [3.8, 4) is 6.07 Å². The van der Waals surface area contributed by atoms with Crippen LogP contribution in [-0.2, 0) is 0 Å². The lowest BCUT2D eigenvalue weighted by atomic mass is 9.56. The summed E-state index contributed by atoms with van der Waals surface area (Å²) in [4.78, 5) is 0. The molecule has 0 spiro atoms. The standard InChI is InChI=1S/C10H16N2.ClH/c11-6-10(7-12)5-8-1-3-9(10)4-2-8;/h8-9H,1-6,11H2;1H. The smallest absolute Gasteiger partial charge is 0.0726 e. The lowest BCUT2D eigenvalue weighted by molar-refractivity contribution is 0.0523. The van der Waals surface area contributed by atoms with Crippen molar-refractivity contribution in [3.05, 3.63) is 0 Å². The molecule has 2 N–H and O–H groups in total. The summed E-state index contributed by atoms with van der Waals surface area (Å²) in [5.41, 5.74) is 5.58. The van der Waals surface area contributed by atoms with Crippen LogP contribution in [0.1, 0.15) is 32.1 Å². The van der Waals surface area contributed by atoms with Crippen LogP contribution >= 0.6 is 12.4 Å². The van der Waals surface area contributed by atoms with E-state index in [-0.39, 0.29) is 17.8 Å². The average Bonchev–Trinajstić information content (AvgIpc) is 2.19. The third kappa shape index (κ3) is 1.56.